The van der Waals surface area contributed by atoms with E-state index in [9.17, 15) is 0 Å². The van der Waals surface area contributed by atoms with E-state index in [4.69, 9.17) is 0 Å². The third-order valence-electron chi connectivity index (χ3n) is 3.92. The van der Waals surface area contributed by atoms with Gasteiger partial charge in [-0.15, -0.1) is 0 Å². The van der Waals surface area contributed by atoms with Gasteiger partial charge < -0.3 is 0 Å². The molecule has 0 unspecified atom stereocenters. The van der Waals surface area contributed by atoms with Crippen molar-refractivity contribution in [3.63, 3.8) is 0 Å². The van der Waals surface area contributed by atoms with Gasteiger partial charge in [-0.2, -0.15) is 0 Å². The van der Waals surface area contributed by atoms with Gasteiger partial charge in [-0.25, -0.2) is 0 Å². The quantitative estimate of drug-likeness (QED) is 0.332. The maximum atomic E-state index is 2.38. The van der Waals surface area contributed by atoms with E-state index >= 15 is 0 Å². The van der Waals surface area contributed by atoms with Gasteiger partial charge >= 0.3 is 0 Å². The summed E-state index contributed by atoms with van der Waals surface area (Å²) in [6.07, 6.45) is 0. The van der Waals surface area contributed by atoms with Crippen LogP contribution in [0.1, 0.15) is 26.3 Å². The lowest BCUT2D eigenvalue weighted by atomic mass is 9.87. The number of anilines is 2. The molecule has 0 amide bonds. The Balaban J connectivity index is 2.23. The molecule has 0 aliphatic heterocycles. The first-order valence-electron chi connectivity index (χ1n) is 7.76. The molecular formula is C19H26INSi. The number of halogens is 1. The molecule has 2 aromatic carbocycles. The van der Waals surface area contributed by atoms with Crippen LogP contribution in [0.15, 0.2) is 48.5 Å². The second-order valence-corrected chi connectivity index (χ2v) is 13.9. The second-order valence-electron chi connectivity index (χ2n) is 7.87. The fraction of sp³-hybridized carbons (Fsp3) is 0.368. The molecule has 0 aliphatic carbocycles. The highest BCUT2D eigenvalue weighted by Crippen LogP contribution is 2.31. The van der Waals surface area contributed by atoms with Gasteiger partial charge in [-0.05, 0) is 35.2 Å². The molecule has 0 aliphatic rings. The minimum Gasteiger partial charge on any atom is -0.283 e. The summed E-state index contributed by atoms with van der Waals surface area (Å²) >= 11 is 2.38. The lowest BCUT2D eigenvalue weighted by molar-refractivity contribution is 0.590. The first-order valence-corrected chi connectivity index (χ1v) is 12.2. The summed E-state index contributed by atoms with van der Waals surface area (Å²) in [5.41, 5.74) is 4.02. The van der Waals surface area contributed by atoms with E-state index in [1.807, 2.05) is 0 Å². The molecule has 0 radical (unpaired) electrons. The van der Waals surface area contributed by atoms with Gasteiger partial charge in [0, 0.05) is 0 Å². The van der Waals surface area contributed by atoms with Crippen LogP contribution in [-0.4, -0.2) is 8.07 Å². The number of hydrogen-bond acceptors (Lipinski definition) is 1. The van der Waals surface area contributed by atoms with Crippen LogP contribution in [0, 0.1) is 0 Å². The lowest BCUT2D eigenvalue weighted by Crippen LogP contribution is -2.37. The van der Waals surface area contributed by atoms with E-state index in [2.05, 4.69) is 115 Å². The summed E-state index contributed by atoms with van der Waals surface area (Å²) < 4.78 is 2.22. The van der Waals surface area contributed by atoms with Crippen LogP contribution in [0.3, 0.4) is 0 Å². The van der Waals surface area contributed by atoms with Gasteiger partial charge in [0.05, 0.1) is 42.3 Å². The number of benzene rings is 2. The van der Waals surface area contributed by atoms with Gasteiger partial charge in [0.1, 0.15) is 0 Å². The molecule has 3 heteroatoms. The second kappa shape index (κ2) is 6.36. The third kappa shape index (κ3) is 4.13. The maximum Gasteiger partial charge on any atom is 0.0775 e. The zero-order valence-electron chi connectivity index (χ0n) is 14.4. The first kappa shape index (κ1) is 17.5. The molecule has 118 valence electrons. The van der Waals surface area contributed by atoms with Crippen LogP contribution in [0.25, 0.3) is 0 Å². The van der Waals surface area contributed by atoms with Crippen LogP contribution in [0.5, 0.6) is 0 Å². The molecule has 0 aromatic heterocycles. The van der Waals surface area contributed by atoms with Crippen molar-refractivity contribution in [1.29, 1.82) is 0 Å². The molecule has 2 rings (SSSR count). The molecule has 0 saturated heterocycles. The molecule has 2 aromatic rings. The Bertz CT molecular complexity index is 561. The van der Waals surface area contributed by atoms with Gasteiger partial charge in [-0.1, -0.05) is 69.9 Å². The summed E-state index contributed by atoms with van der Waals surface area (Å²) in [5, 5.41) is 1.50. The van der Waals surface area contributed by atoms with Gasteiger partial charge in [0.15, 0.2) is 0 Å². The van der Waals surface area contributed by atoms with Gasteiger partial charge in [0.2, 0.25) is 0 Å². The minimum atomic E-state index is -1.22. The van der Waals surface area contributed by atoms with E-state index in [1.54, 1.807) is 0 Å². The monoisotopic (exact) mass is 423 g/mol. The predicted octanol–water partition coefficient (Wildman–Crippen LogP) is 6.02. The predicted molar refractivity (Wildman–Crippen MR) is 111 cm³/mol. The highest BCUT2D eigenvalue weighted by molar-refractivity contribution is 14.1. The molecular weight excluding hydrogens is 397 g/mol. The van der Waals surface area contributed by atoms with E-state index in [0.29, 0.717) is 0 Å². The Morgan fingerprint density at radius 2 is 1.18 bits per heavy atom. The zero-order chi connectivity index (χ0) is 16.5. The lowest BCUT2D eigenvalue weighted by Gasteiger charge is -2.22. The number of nitrogens with zero attached hydrogens (tertiary/aromatic N) is 1. The first-order chi connectivity index (χ1) is 10.1. The Morgan fingerprint density at radius 3 is 1.55 bits per heavy atom. The van der Waals surface area contributed by atoms with Crippen molar-refractivity contribution in [3.8, 4) is 0 Å². The van der Waals surface area contributed by atoms with Gasteiger partial charge in [0.25, 0.3) is 0 Å². The molecule has 1 nitrogen and oxygen atoms in total. The van der Waals surface area contributed by atoms with Crippen LogP contribution in [0.2, 0.25) is 19.6 Å². The number of rotatable bonds is 3. The van der Waals surface area contributed by atoms with E-state index in [-0.39, 0.29) is 5.41 Å². The van der Waals surface area contributed by atoms with E-state index in [0.717, 1.165) is 0 Å². The smallest absolute Gasteiger partial charge is 0.0775 e. The van der Waals surface area contributed by atoms with Crippen molar-refractivity contribution in [2.45, 2.75) is 45.8 Å². The van der Waals surface area contributed by atoms with E-state index < -0.39 is 8.07 Å². The standard InChI is InChI=1S/C19H26INSi/c1-19(2,3)15-7-9-16(10-8-15)21(20)17-11-13-18(14-12-17)22(4,5)6/h7-14H,1-6H3. The Kier molecular flexibility index (Phi) is 5.07. The largest absolute Gasteiger partial charge is 0.283 e. The number of hydrogen-bond donors (Lipinski definition) is 0. The molecule has 0 heterocycles. The van der Waals surface area contributed by atoms with Crippen LogP contribution >= 0.6 is 22.9 Å². The molecule has 0 saturated carbocycles. The third-order valence-corrected chi connectivity index (χ3v) is 7.10. The van der Waals surface area contributed by atoms with Crippen molar-refractivity contribution >= 4 is 47.5 Å². The Hall–Kier alpha value is -0.813. The van der Waals surface area contributed by atoms with Gasteiger partial charge in [-0.3, -0.25) is 3.11 Å². The fourth-order valence-electron chi connectivity index (χ4n) is 2.33. The summed E-state index contributed by atoms with van der Waals surface area (Å²) in [6.45, 7) is 13.9. The van der Waals surface area contributed by atoms with Crippen LogP contribution < -0.4 is 8.30 Å². The zero-order valence-corrected chi connectivity index (χ0v) is 17.6. The fourth-order valence-corrected chi connectivity index (χ4v) is 4.14. The Labute approximate surface area is 150 Å². The maximum absolute atomic E-state index is 2.38. The van der Waals surface area contributed by atoms with Crippen molar-refractivity contribution < 1.29 is 0 Å². The molecule has 0 fully saturated rings. The van der Waals surface area contributed by atoms with Crippen molar-refractivity contribution in [1.82, 2.24) is 0 Å². The highest BCUT2D eigenvalue weighted by Gasteiger charge is 2.17. The van der Waals surface area contributed by atoms with Crippen molar-refractivity contribution in [3.05, 3.63) is 54.1 Å². The van der Waals surface area contributed by atoms with E-state index in [1.165, 1.54) is 22.1 Å². The van der Waals surface area contributed by atoms with Crippen LogP contribution in [-0.2, 0) is 5.41 Å². The molecule has 0 spiro atoms. The normalized spacial score (nSPS) is 12.3. The Morgan fingerprint density at radius 1 is 0.773 bits per heavy atom. The minimum absolute atomic E-state index is 0.202. The summed E-state index contributed by atoms with van der Waals surface area (Å²) in [4.78, 5) is 0. The molecule has 0 bridgehead atoms. The summed E-state index contributed by atoms with van der Waals surface area (Å²) in [5.74, 6) is 0. The van der Waals surface area contributed by atoms with Crippen molar-refractivity contribution in [2.75, 3.05) is 3.11 Å². The summed E-state index contributed by atoms with van der Waals surface area (Å²) in [7, 11) is -1.22. The average Bonchev–Trinajstić information content (AvgIpc) is 2.45. The molecule has 0 atom stereocenters. The van der Waals surface area contributed by atoms with Crippen molar-refractivity contribution in [2.24, 2.45) is 0 Å². The summed E-state index contributed by atoms with van der Waals surface area (Å²) in [6, 6.07) is 17.9. The molecule has 0 N–H and O–H groups in total. The molecule has 22 heavy (non-hydrogen) atoms. The highest BCUT2D eigenvalue weighted by atomic mass is 127. The van der Waals surface area contributed by atoms with Crippen LogP contribution in [0.4, 0.5) is 11.4 Å². The average molecular weight is 423 g/mol. The SMILES string of the molecule is CC(C)(C)c1ccc(N(I)c2ccc([Si](C)(C)C)cc2)cc1. The topological polar surface area (TPSA) is 3.24 Å².